The van der Waals surface area contributed by atoms with E-state index in [1.807, 2.05) is 0 Å². The molecule has 0 bridgehead atoms. The minimum Gasteiger partial charge on any atom is -0.460 e. The first-order valence-electron chi connectivity index (χ1n) is 21.5. The molecule has 282 valence electrons. The first-order chi connectivity index (χ1) is 27.6. The van der Waals surface area contributed by atoms with Gasteiger partial charge >= 0.3 is 0 Å². The van der Waals surface area contributed by atoms with E-state index in [0.717, 1.165) is 11.5 Å². The summed E-state index contributed by atoms with van der Waals surface area (Å²) >= 11 is 0. The van der Waals surface area contributed by atoms with Gasteiger partial charge < -0.3 is 9.64 Å². The van der Waals surface area contributed by atoms with E-state index < -0.39 is 16.4 Å². The molecule has 4 atom stereocenters. The van der Waals surface area contributed by atoms with Crippen molar-refractivity contribution < 1.29 is 4.74 Å². The Balaban J connectivity index is 1.20. The molecule has 1 saturated carbocycles. The van der Waals surface area contributed by atoms with Crippen LogP contribution in [0.1, 0.15) is 124 Å². The molecule has 4 unspecified atom stereocenters. The molecular formula is C55H51NO. The van der Waals surface area contributed by atoms with E-state index in [2.05, 4.69) is 174 Å². The number of allylic oxidation sites excluding steroid dienone is 1. The highest BCUT2D eigenvalue weighted by Crippen LogP contribution is 2.70. The molecule has 12 rings (SSSR count). The van der Waals surface area contributed by atoms with Crippen molar-refractivity contribution in [2.75, 3.05) is 4.90 Å². The number of rotatable bonds is 2. The van der Waals surface area contributed by atoms with Gasteiger partial charge in [-0.2, -0.15) is 0 Å². The molecule has 0 spiro atoms. The topological polar surface area (TPSA) is 12.5 Å². The maximum Gasteiger partial charge on any atom is 0.134 e. The lowest BCUT2D eigenvalue weighted by Crippen LogP contribution is -2.60. The Morgan fingerprint density at radius 1 is 0.614 bits per heavy atom. The van der Waals surface area contributed by atoms with Crippen LogP contribution in [0.5, 0.6) is 5.75 Å². The van der Waals surface area contributed by atoms with Gasteiger partial charge in [-0.15, -0.1) is 0 Å². The summed E-state index contributed by atoms with van der Waals surface area (Å²) in [5.41, 5.74) is 16.6. The highest BCUT2D eigenvalue weighted by Gasteiger charge is 2.64. The van der Waals surface area contributed by atoms with Gasteiger partial charge in [0.1, 0.15) is 11.5 Å². The van der Waals surface area contributed by atoms with E-state index in [0.29, 0.717) is 5.92 Å². The Hall–Kier alpha value is -5.34. The van der Waals surface area contributed by atoms with Crippen molar-refractivity contribution in [1.29, 1.82) is 0 Å². The zero-order valence-electron chi connectivity index (χ0n) is 34.2. The number of para-hydroxylation sites is 1. The fourth-order valence-corrected chi connectivity index (χ4v) is 13.4. The van der Waals surface area contributed by atoms with Gasteiger partial charge in [0.25, 0.3) is 0 Å². The van der Waals surface area contributed by atoms with Gasteiger partial charge in [-0.3, -0.25) is 0 Å². The van der Waals surface area contributed by atoms with Gasteiger partial charge in [0, 0.05) is 33.7 Å². The standard InChI is InChI=1S/C55H51NO/c1-33-37-20-12-15-25-43(37)55(6)49-38-21-11-10-19-35(38)27-30-46(49)56(36-28-29-41-40-22-13-14-24-42(40)52(2,3)45(41)31-36)53(4)32-47-54(5,48(33)51(53)55)44-26-16-23-39(50(44)57-47)34-17-8-7-9-18-34/h10-16,19-34H,7-9,17-18H2,1-6H3. The molecule has 4 aliphatic carbocycles. The van der Waals surface area contributed by atoms with Crippen LogP contribution in [-0.2, 0) is 16.2 Å². The highest BCUT2D eigenvalue weighted by molar-refractivity contribution is 5.98. The quantitative estimate of drug-likeness (QED) is 0.164. The minimum atomic E-state index is -0.535. The van der Waals surface area contributed by atoms with Crippen LogP contribution >= 0.6 is 0 Å². The largest absolute Gasteiger partial charge is 0.460 e. The SMILES string of the molecule is CC1C2=C3C(C)(c4ccccc41)c1c(ccc4ccccc14)N(c1ccc4c(c1)C(C)(C)c1ccccc1-4)C3(C)C=C1Oc3c(C4CCCCC4)cccc3C12C. The van der Waals surface area contributed by atoms with Gasteiger partial charge in [0.15, 0.2) is 0 Å². The number of anilines is 2. The monoisotopic (exact) mass is 741 g/mol. The van der Waals surface area contributed by atoms with Crippen LogP contribution in [-0.4, -0.2) is 5.54 Å². The molecule has 0 radical (unpaired) electrons. The molecular weight excluding hydrogens is 691 g/mol. The van der Waals surface area contributed by atoms with Crippen LogP contribution in [0.15, 0.2) is 144 Å². The summed E-state index contributed by atoms with van der Waals surface area (Å²) in [7, 11) is 0. The fourth-order valence-electron chi connectivity index (χ4n) is 13.4. The molecule has 0 amide bonds. The Kier molecular flexibility index (Phi) is 6.63. The maximum absolute atomic E-state index is 7.47. The van der Waals surface area contributed by atoms with Crippen LogP contribution < -0.4 is 9.64 Å². The van der Waals surface area contributed by atoms with E-state index in [-0.39, 0.29) is 11.3 Å². The van der Waals surface area contributed by atoms with Gasteiger partial charge in [0.05, 0.1) is 11.0 Å². The summed E-state index contributed by atoms with van der Waals surface area (Å²) < 4.78 is 7.47. The molecule has 2 heteroatoms. The number of ether oxygens (including phenoxy) is 1. The first kappa shape index (κ1) is 33.8. The third-order valence-corrected chi connectivity index (χ3v) is 15.9. The average Bonchev–Trinajstić information content (AvgIpc) is 3.65. The summed E-state index contributed by atoms with van der Waals surface area (Å²) in [4.78, 5) is 2.72. The number of fused-ring (bicyclic) bond motifs is 13. The molecule has 57 heavy (non-hydrogen) atoms. The van der Waals surface area contributed by atoms with E-state index in [1.165, 1.54) is 115 Å². The van der Waals surface area contributed by atoms with E-state index in [4.69, 9.17) is 4.74 Å². The van der Waals surface area contributed by atoms with Gasteiger partial charge in [-0.05, 0) is 130 Å². The van der Waals surface area contributed by atoms with E-state index in [1.54, 1.807) is 0 Å². The van der Waals surface area contributed by atoms with E-state index >= 15 is 0 Å². The van der Waals surface area contributed by atoms with Crippen molar-refractivity contribution in [1.82, 2.24) is 0 Å². The number of benzene rings is 6. The zero-order valence-corrected chi connectivity index (χ0v) is 34.2. The highest BCUT2D eigenvalue weighted by atomic mass is 16.5. The molecule has 6 aromatic carbocycles. The van der Waals surface area contributed by atoms with Crippen LogP contribution in [0.4, 0.5) is 11.4 Å². The predicted octanol–water partition coefficient (Wildman–Crippen LogP) is 14.1. The molecule has 2 nitrogen and oxygen atoms in total. The maximum atomic E-state index is 7.47. The number of hydrogen-bond acceptors (Lipinski definition) is 2. The molecule has 0 saturated heterocycles. The van der Waals surface area contributed by atoms with Crippen LogP contribution in [0.2, 0.25) is 0 Å². The van der Waals surface area contributed by atoms with Gasteiger partial charge in [0.2, 0.25) is 0 Å². The molecule has 2 aliphatic heterocycles. The summed E-state index contributed by atoms with van der Waals surface area (Å²) in [5.74, 6) is 2.97. The Labute approximate surface area is 337 Å². The van der Waals surface area contributed by atoms with Crippen LogP contribution in [0.3, 0.4) is 0 Å². The normalized spacial score (nSPS) is 27.4. The smallest absolute Gasteiger partial charge is 0.134 e. The molecule has 0 aromatic heterocycles. The number of hydrogen-bond donors (Lipinski definition) is 0. The fraction of sp³-hybridized carbons (Fsp3) is 0.309. The van der Waals surface area contributed by atoms with Crippen molar-refractivity contribution in [3.05, 3.63) is 183 Å². The third-order valence-electron chi connectivity index (χ3n) is 15.9. The Bertz CT molecular complexity index is 2810. The van der Waals surface area contributed by atoms with Crippen molar-refractivity contribution in [2.45, 2.75) is 107 Å². The van der Waals surface area contributed by atoms with Gasteiger partial charge in [-0.1, -0.05) is 143 Å². The van der Waals surface area contributed by atoms with Gasteiger partial charge in [-0.25, -0.2) is 0 Å². The molecule has 6 aromatic rings. The first-order valence-corrected chi connectivity index (χ1v) is 21.5. The van der Waals surface area contributed by atoms with Crippen molar-refractivity contribution >= 4 is 22.1 Å². The lowest BCUT2D eigenvalue weighted by atomic mass is 9.48. The molecule has 1 fully saturated rings. The molecule has 0 N–H and O–H groups in total. The number of nitrogens with zero attached hydrogens (tertiary/aromatic N) is 1. The van der Waals surface area contributed by atoms with Crippen molar-refractivity contribution in [3.63, 3.8) is 0 Å². The lowest BCUT2D eigenvalue weighted by molar-refractivity contribution is 0.343. The van der Waals surface area contributed by atoms with Crippen LogP contribution in [0, 0.1) is 0 Å². The average molecular weight is 742 g/mol. The molecule has 6 aliphatic rings. The Morgan fingerprint density at radius 2 is 1.32 bits per heavy atom. The second-order valence-electron chi connectivity index (χ2n) is 19.1. The van der Waals surface area contributed by atoms with Crippen molar-refractivity contribution in [2.24, 2.45) is 0 Å². The molecule has 2 heterocycles. The van der Waals surface area contributed by atoms with E-state index in [9.17, 15) is 0 Å². The minimum absolute atomic E-state index is 0.114. The zero-order chi connectivity index (χ0) is 38.6. The Morgan fingerprint density at radius 3 is 2.16 bits per heavy atom. The second-order valence-corrected chi connectivity index (χ2v) is 19.1. The predicted molar refractivity (Wildman–Crippen MR) is 235 cm³/mol. The summed E-state index contributed by atoms with van der Waals surface area (Å²) in [6, 6.07) is 46.7. The van der Waals surface area contributed by atoms with Crippen LogP contribution in [0.25, 0.3) is 21.9 Å². The summed E-state index contributed by atoms with van der Waals surface area (Å²) in [6.45, 7) is 14.9. The summed E-state index contributed by atoms with van der Waals surface area (Å²) in [5, 5.41) is 2.62. The third kappa shape index (κ3) is 4.02. The lowest BCUT2D eigenvalue weighted by Gasteiger charge is -2.61. The van der Waals surface area contributed by atoms with Crippen molar-refractivity contribution in [3.8, 4) is 16.9 Å². The second kappa shape index (κ2) is 11.2. The summed E-state index contributed by atoms with van der Waals surface area (Å²) in [6.07, 6.45) is 9.02.